The molecule has 0 bridgehead atoms. The first kappa shape index (κ1) is 12.9. The minimum absolute atomic E-state index is 0.540. The first-order chi connectivity index (χ1) is 6.65. The van der Waals surface area contributed by atoms with Crippen LogP contribution >= 0.6 is 0 Å². The largest absolute Gasteiger partial charge is 0.351 e. The van der Waals surface area contributed by atoms with Gasteiger partial charge < -0.3 is 15.2 Å². The number of amides is 2. The van der Waals surface area contributed by atoms with Crippen LogP contribution in [0, 0.1) is 0 Å². The van der Waals surface area contributed by atoms with Crippen LogP contribution in [0.1, 0.15) is 19.8 Å². The van der Waals surface area contributed by atoms with Gasteiger partial charge in [-0.15, -0.1) is 0 Å². The van der Waals surface area contributed by atoms with Crippen molar-refractivity contribution in [1.82, 2.24) is 5.43 Å². The fourth-order valence-corrected chi connectivity index (χ4v) is 0.978. The number of rotatable bonds is 6. The molecule has 0 aromatic heterocycles. The van der Waals surface area contributed by atoms with Gasteiger partial charge in [-0.25, -0.2) is 10.2 Å². The molecule has 6 nitrogen and oxygen atoms in total. The Morgan fingerprint density at radius 3 is 2.43 bits per heavy atom. The third kappa shape index (κ3) is 4.78. The summed E-state index contributed by atoms with van der Waals surface area (Å²) in [6.45, 7) is 1.99. The highest BCUT2D eigenvalue weighted by Crippen LogP contribution is 2.02. The van der Waals surface area contributed by atoms with Crippen molar-refractivity contribution in [2.45, 2.75) is 26.1 Å². The molecule has 0 spiro atoms. The smallest absolute Gasteiger partial charge is 0.332 e. The van der Waals surface area contributed by atoms with Gasteiger partial charge in [-0.3, -0.25) is 0 Å². The molecule has 0 radical (unpaired) electrons. The van der Waals surface area contributed by atoms with Crippen molar-refractivity contribution in [2.24, 2.45) is 10.8 Å². The Bertz CT molecular complexity index is 202. The van der Waals surface area contributed by atoms with Crippen LogP contribution in [0.4, 0.5) is 4.79 Å². The predicted octanol–water partition coefficient (Wildman–Crippen LogP) is 0.430. The molecule has 0 aromatic carbocycles. The van der Waals surface area contributed by atoms with Crippen molar-refractivity contribution in [3.05, 3.63) is 0 Å². The van der Waals surface area contributed by atoms with Gasteiger partial charge in [0, 0.05) is 14.2 Å². The number of carbonyl (C=O) groups excluding carboxylic acids is 1. The molecule has 0 saturated carbocycles. The topological polar surface area (TPSA) is 85.9 Å². The Kier molecular flexibility index (Phi) is 6.69. The average molecular weight is 203 g/mol. The van der Waals surface area contributed by atoms with E-state index in [1.54, 1.807) is 0 Å². The summed E-state index contributed by atoms with van der Waals surface area (Å²) in [6.07, 6.45) is 1.01. The van der Waals surface area contributed by atoms with Gasteiger partial charge in [0.1, 0.15) is 0 Å². The van der Waals surface area contributed by atoms with Gasteiger partial charge in [-0.2, -0.15) is 5.10 Å². The van der Waals surface area contributed by atoms with Crippen molar-refractivity contribution >= 4 is 11.7 Å². The molecule has 6 heteroatoms. The molecule has 3 N–H and O–H groups in total. The Balaban J connectivity index is 4.38. The van der Waals surface area contributed by atoms with E-state index in [0.29, 0.717) is 12.1 Å². The minimum atomic E-state index is -0.704. The van der Waals surface area contributed by atoms with Crippen LogP contribution in [0.5, 0.6) is 0 Å². The first-order valence-corrected chi connectivity index (χ1v) is 4.33. The molecule has 0 aliphatic carbocycles. The molecule has 0 aromatic rings. The summed E-state index contributed by atoms with van der Waals surface area (Å²) in [5.74, 6) is 0. The van der Waals surface area contributed by atoms with E-state index in [1.165, 1.54) is 14.2 Å². The molecule has 0 rings (SSSR count). The number of urea groups is 1. The number of nitrogens with two attached hydrogens (primary N) is 1. The lowest BCUT2D eigenvalue weighted by molar-refractivity contribution is -0.0534. The van der Waals surface area contributed by atoms with Gasteiger partial charge in [0.15, 0.2) is 6.29 Å². The number of ether oxygens (including phenoxy) is 2. The first-order valence-electron chi connectivity index (χ1n) is 4.33. The number of nitrogens with zero attached hydrogens (tertiary/aromatic N) is 1. The highest BCUT2D eigenvalue weighted by Gasteiger charge is 2.13. The molecule has 0 saturated heterocycles. The monoisotopic (exact) mass is 203 g/mol. The van der Waals surface area contributed by atoms with Crippen LogP contribution in [0.15, 0.2) is 5.10 Å². The lowest BCUT2D eigenvalue weighted by atomic mass is 10.2. The van der Waals surface area contributed by atoms with Crippen LogP contribution < -0.4 is 11.2 Å². The summed E-state index contributed by atoms with van der Waals surface area (Å²) in [4.78, 5) is 10.4. The van der Waals surface area contributed by atoms with Crippen molar-refractivity contribution < 1.29 is 14.3 Å². The van der Waals surface area contributed by atoms with Crippen molar-refractivity contribution in [3.8, 4) is 0 Å². The van der Waals surface area contributed by atoms with Gasteiger partial charge in [0.25, 0.3) is 0 Å². The third-order valence-electron chi connectivity index (χ3n) is 1.52. The molecular weight excluding hydrogens is 186 g/mol. The van der Waals surface area contributed by atoms with E-state index in [9.17, 15) is 4.79 Å². The zero-order valence-corrected chi connectivity index (χ0v) is 8.74. The molecule has 2 amide bonds. The van der Waals surface area contributed by atoms with E-state index in [1.807, 2.05) is 6.92 Å². The lowest BCUT2D eigenvalue weighted by Gasteiger charge is -2.15. The van der Waals surface area contributed by atoms with E-state index in [-0.39, 0.29) is 0 Å². The van der Waals surface area contributed by atoms with E-state index < -0.39 is 12.3 Å². The number of methoxy groups -OCH3 is 2. The summed E-state index contributed by atoms with van der Waals surface area (Å²) >= 11 is 0. The summed E-state index contributed by atoms with van der Waals surface area (Å²) in [5.41, 5.74) is 7.64. The molecule has 0 fully saturated rings. The SMILES string of the molecule is CCC/C(=N\NC(N)=O)C(OC)OC. The van der Waals surface area contributed by atoms with E-state index in [2.05, 4.69) is 10.5 Å². The zero-order chi connectivity index (χ0) is 11.0. The Morgan fingerprint density at radius 1 is 1.50 bits per heavy atom. The second-order valence-electron chi connectivity index (χ2n) is 2.63. The highest BCUT2D eigenvalue weighted by atomic mass is 16.7. The van der Waals surface area contributed by atoms with Crippen LogP contribution in [0.25, 0.3) is 0 Å². The van der Waals surface area contributed by atoms with E-state index >= 15 is 0 Å². The normalized spacial score (nSPS) is 11.9. The third-order valence-corrected chi connectivity index (χ3v) is 1.52. The Hall–Kier alpha value is -1.14. The maximum atomic E-state index is 10.4. The zero-order valence-electron chi connectivity index (χ0n) is 8.74. The fraction of sp³-hybridized carbons (Fsp3) is 0.750. The molecule has 0 aliphatic heterocycles. The van der Waals surface area contributed by atoms with Crippen LogP contribution in [0.2, 0.25) is 0 Å². The van der Waals surface area contributed by atoms with Gasteiger partial charge in [0.2, 0.25) is 0 Å². The quantitative estimate of drug-likeness (QED) is 0.373. The van der Waals surface area contributed by atoms with Crippen molar-refractivity contribution in [1.29, 1.82) is 0 Å². The molecule has 14 heavy (non-hydrogen) atoms. The predicted molar refractivity (Wildman–Crippen MR) is 52.9 cm³/mol. The number of carbonyl (C=O) groups is 1. The summed E-state index contributed by atoms with van der Waals surface area (Å²) < 4.78 is 10.0. The highest BCUT2D eigenvalue weighted by molar-refractivity contribution is 5.88. The van der Waals surface area contributed by atoms with Crippen LogP contribution in [-0.4, -0.2) is 32.3 Å². The van der Waals surface area contributed by atoms with E-state index in [0.717, 1.165) is 6.42 Å². The second-order valence-corrected chi connectivity index (χ2v) is 2.63. The second kappa shape index (κ2) is 7.28. The standard InChI is InChI=1S/C8H17N3O3/c1-4-5-6(7(13-2)14-3)10-11-8(9)12/h7H,4-5H2,1-3H3,(H3,9,11,12)/b10-6+. The molecule has 0 heterocycles. The van der Waals surface area contributed by atoms with E-state index in [4.69, 9.17) is 15.2 Å². The van der Waals surface area contributed by atoms with Gasteiger partial charge >= 0.3 is 6.03 Å². The van der Waals surface area contributed by atoms with Crippen molar-refractivity contribution in [2.75, 3.05) is 14.2 Å². The van der Waals surface area contributed by atoms with Crippen molar-refractivity contribution in [3.63, 3.8) is 0 Å². The molecule has 0 aliphatic rings. The van der Waals surface area contributed by atoms with Crippen LogP contribution in [0.3, 0.4) is 0 Å². The molecule has 0 atom stereocenters. The number of primary amides is 1. The average Bonchev–Trinajstić information content (AvgIpc) is 2.15. The summed E-state index contributed by atoms with van der Waals surface area (Å²) in [6, 6.07) is -0.704. The lowest BCUT2D eigenvalue weighted by Crippen LogP contribution is -2.31. The Labute approximate surface area is 83.4 Å². The number of hydrogen-bond donors (Lipinski definition) is 2. The summed E-state index contributed by atoms with van der Waals surface area (Å²) in [5, 5.41) is 3.80. The molecule has 82 valence electrons. The fourth-order valence-electron chi connectivity index (χ4n) is 0.978. The minimum Gasteiger partial charge on any atom is -0.351 e. The number of nitrogens with one attached hydrogen (secondary N) is 1. The van der Waals surface area contributed by atoms with Gasteiger partial charge in [0.05, 0.1) is 5.71 Å². The maximum Gasteiger partial charge on any atom is 0.332 e. The maximum absolute atomic E-state index is 10.4. The van der Waals surface area contributed by atoms with Gasteiger partial charge in [-0.05, 0) is 6.42 Å². The number of hydrazone groups is 1. The molecular formula is C8H17N3O3. The number of hydrogen-bond acceptors (Lipinski definition) is 4. The Morgan fingerprint density at radius 2 is 2.07 bits per heavy atom. The van der Waals surface area contributed by atoms with Crippen LogP contribution in [-0.2, 0) is 9.47 Å². The molecule has 0 unspecified atom stereocenters. The van der Waals surface area contributed by atoms with Gasteiger partial charge in [-0.1, -0.05) is 13.3 Å². The summed E-state index contributed by atoms with van der Waals surface area (Å²) in [7, 11) is 3.01.